The number of morpholine rings is 1. The van der Waals surface area contributed by atoms with Crippen LogP contribution in [-0.2, 0) is 9.47 Å². The number of benzene rings is 1. The molecule has 0 aliphatic carbocycles. The highest BCUT2D eigenvalue weighted by molar-refractivity contribution is 6.03. The van der Waals surface area contributed by atoms with Gasteiger partial charge in [-0.15, -0.1) is 0 Å². The first-order chi connectivity index (χ1) is 13.9. The minimum Gasteiger partial charge on any atom is -0.447 e. The van der Waals surface area contributed by atoms with Gasteiger partial charge in [0.05, 0.1) is 41.8 Å². The fourth-order valence-corrected chi connectivity index (χ4v) is 3.96. The third kappa shape index (κ3) is 3.17. The Morgan fingerprint density at radius 3 is 2.76 bits per heavy atom. The zero-order valence-electron chi connectivity index (χ0n) is 15.9. The molecule has 29 heavy (non-hydrogen) atoms. The van der Waals surface area contributed by atoms with Crippen molar-refractivity contribution in [2.75, 3.05) is 29.5 Å². The van der Waals surface area contributed by atoms with E-state index < -0.39 is 18.0 Å². The van der Waals surface area contributed by atoms with Gasteiger partial charge in [-0.3, -0.25) is 9.69 Å². The van der Waals surface area contributed by atoms with Gasteiger partial charge >= 0.3 is 6.09 Å². The van der Waals surface area contributed by atoms with Crippen molar-refractivity contribution in [2.24, 2.45) is 0 Å². The lowest BCUT2D eigenvalue weighted by molar-refractivity contribution is -0.00543. The number of carbonyl (C=O) groups excluding carboxylic acids is 2. The third-order valence-electron chi connectivity index (χ3n) is 5.07. The third-order valence-corrected chi connectivity index (χ3v) is 5.07. The number of aldehydes is 1. The van der Waals surface area contributed by atoms with Crippen LogP contribution in [0.5, 0.6) is 0 Å². The zero-order chi connectivity index (χ0) is 20.7. The summed E-state index contributed by atoms with van der Waals surface area (Å²) in [6.45, 7) is 4.60. The molecular formula is C19H19FN4O5. The molecule has 2 aromatic rings. The molecule has 10 heteroatoms. The van der Waals surface area contributed by atoms with Crippen LogP contribution in [0.25, 0.3) is 11.0 Å². The first-order valence-corrected chi connectivity index (χ1v) is 9.25. The minimum absolute atomic E-state index is 0.0186. The first kappa shape index (κ1) is 19.1. The molecule has 1 aromatic carbocycles. The number of anilines is 2. The standard InChI is InChI=1S/C19H19FN4O5/c1-10-6-23(7-11(2)28-10)16-12(8-25)5-14-17(15(16)20)29-22-18(14)24-13(3-4-21)9-27-19(24)26/h5,8,10-11,13H,3,6-7,9H2,1-2H3. The summed E-state index contributed by atoms with van der Waals surface area (Å²) in [5, 5.41) is 13.0. The number of fused-ring (bicyclic) bond motifs is 1. The monoisotopic (exact) mass is 402 g/mol. The van der Waals surface area contributed by atoms with Gasteiger partial charge < -0.3 is 18.9 Å². The van der Waals surface area contributed by atoms with E-state index in [1.54, 1.807) is 4.90 Å². The van der Waals surface area contributed by atoms with E-state index in [9.17, 15) is 9.59 Å². The van der Waals surface area contributed by atoms with Gasteiger partial charge in [0.1, 0.15) is 6.61 Å². The van der Waals surface area contributed by atoms with Crippen LogP contribution < -0.4 is 9.80 Å². The van der Waals surface area contributed by atoms with E-state index in [1.807, 2.05) is 19.9 Å². The van der Waals surface area contributed by atoms with Crippen LogP contribution in [0.4, 0.5) is 20.7 Å². The average molecular weight is 402 g/mol. The summed E-state index contributed by atoms with van der Waals surface area (Å²) in [6.07, 6.45) is -0.387. The lowest BCUT2D eigenvalue weighted by atomic mass is 10.1. The summed E-state index contributed by atoms with van der Waals surface area (Å²) >= 11 is 0. The Bertz CT molecular complexity index is 1010. The number of amides is 1. The Labute approximate surface area is 165 Å². The van der Waals surface area contributed by atoms with Gasteiger partial charge in [-0.05, 0) is 19.9 Å². The summed E-state index contributed by atoms with van der Waals surface area (Å²) in [7, 11) is 0. The second kappa shape index (κ2) is 7.33. The van der Waals surface area contributed by atoms with Crippen molar-refractivity contribution in [3.63, 3.8) is 0 Å². The number of aromatic nitrogens is 1. The van der Waals surface area contributed by atoms with E-state index in [4.69, 9.17) is 19.3 Å². The van der Waals surface area contributed by atoms with E-state index >= 15 is 4.39 Å². The van der Waals surface area contributed by atoms with Crippen LogP contribution in [0.3, 0.4) is 0 Å². The summed E-state index contributed by atoms with van der Waals surface area (Å²) in [6, 6.07) is 2.87. The molecule has 2 saturated heterocycles. The number of carbonyl (C=O) groups is 2. The molecule has 0 bridgehead atoms. The molecule has 1 amide bonds. The second-order valence-electron chi connectivity index (χ2n) is 7.25. The van der Waals surface area contributed by atoms with Crippen molar-refractivity contribution in [2.45, 2.75) is 38.5 Å². The number of hydrogen-bond donors (Lipinski definition) is 0. The summed E-state index contributed by atoms with van der Waals surface area (Å²) in [4.78, 5) is 26.9. The van der Waals surface area contributed by atoms with Gasteiger partial charge in [-0.2, -0.15) is 5.26 Å². The molecule has 3 atom stereocenters. The molecule has 2 aliphatic rings. The lowest BCUT2D eigenvalue weighted by Crippen LogP contribution is -2.46. The summed E-state index contributed by atoms with van der Waals surface area (Å²) < 4.78 is 31.3. The molecule has 4 rings (SSSR count). The number of nitrogens with zero attached hydrogens (tertiary/aromatic N) is 4. The van der Waals surface area contributed by atoms with Crippen LogP contribution in [-0.4, -0.2) is 55.5 Å². The van der Waals surface area contributed by atoms with Crippen molar-refractivity contribution in [3.8, 4) is 6.07 Å². The normalized spacial score (nSPS) is 24.6. The van der Waals surface area contributed by atoms with E-state index in [1.165, 1.54) is 11.0 Å². The smallest absolute Gasteiger partial charge is 0.416 e. The fourth-order valence-electron chi connectivity index (χ4n) is 3.96. The zero-order valence-corrected chi connectivity index (χ0v) is 15.9. The van der Waals surface area contributed by atoms with Crippen molar-refractivity contribution in [1.82, 2.24) is 5.16 Å². The Balaban J connectivity index is 1.83. The fraction of sp³-hybridized carbons (Fsp3) is 0.474. The van der Waals surface area contributed by atoms with Gasteiger partial charge in [0.2, 0.25) is 5.58 Å². The number of cyclic esters (lactones) is 1. The average Bonchev–Trinajstić information content (AvgIpc) is 3.24. The summed E-state index contributed by atoms with van der Waals surface area (Å²) in [5.41, 5.74) is 0.0720. The predicted molar refractivity (Wildman–Crippen MR) is 99.4 cm³/mol. The number of rotatable bonds is 4. The maximum absolute atomic E-state index is 15.4. The molecule has 3 heterocycles. The lowest BCUT2D eigenvalue weighted by Gasteiger charge is -2.37. The molecule has 0 N–H and O–H groups in total. The Morgan fingerprint density at radius 1 is 1.38 bits per heavy atom. The molecule has 2 fully saturated rings. The van der Waals surface area contributed by atoms with Crippen molar-refractivity contribution < 1.29 is 28.0 Å². The number of hydrogen-bond acceptors (Lipinski definition) is 8. The largest absolute Gasteiger partial charge is 0.447 e. The van der Waals surface area contributed by atoms with Gasteiger partial charge in [0.15, 0.2) is 17.9 Å². The SMILES string of the molecule is CC1CN(c2c(C=O)cc3c(N4C(=O)OCC4CC#N)noc3c2F)CC(C)O1. The Morgan fingerprint density at radius 2 is 2.10 bits per heavy atom. The summed E-state index contributed by atoms with van der Waals surface area (Å²) in [5.74, 6) is -0.700. The van der Waals surface area contributed by atoms with Gasteiger partial charge in [0.25, 0.3) is 0 Å². The predicted octanol–water partition coefficient (Wildman–Crippen LogP) is 2.63. The van der Waals surface area contributed by atoms with Crippen LogP contribution in [0.15, 0.2) is 10.6 Å². The maximum atomic E-state index is 15.4. The van der Waals surface area contributed by atoms with Crippen LogP contribution in [0.1, 0.15) is 30.6 Å². The van der Waals surface area contributed by atoms with Crippen LogP contribution in [0.2, 0.25) is 0 Å². The van der Waals surface area contributed by atoms with E-state index in [0.717, 1.165) is 0 Å². The number of ether oxygens (including phenoxy) is 2. The molecule has 2 aliphatic heterocycles. The van der Waals surface area contributed by atoms with Crippen molar-refractivity contribution in [3.05, 3.63) is 17.4 Å². The van der Waals surface area contributed by atoms with Crippen LogP contribution in [0, 0.1) is 17.1 Å². The molecular weight excluding hydrogens is 383 g/mol. The molecule has 3 unspecified atom stereocenters. The molecule has 1 aromatic heterocycles. The number of nitriles is 1. The highest BCUT2D eigenvalue weighted by atomic mass is 19.1. The van der Waals surface area contributed by atoms with Gasteiger partial charge in [0, 0.05) is 18.7 Å². The molecule has 0 spiro atoms. The van der Waals surface area contributed by atoms with Gasteiger partial charge in [-0.25, -0.2) is 9.18 Å². The topological polar surface area (TPSA) is 109 Å². The highest BCUT2D eigenvalue weighted by Gasteiger charge is 2.38. The second-order valence-corrected chi connectivity index (χ2v) is 7.25. The molecule has 0 saturated carbocycles. The Kier molecular flexibility index (Phi) is 4.84. The molecule has 152 valence electrons. The highest BCUT2D eigenvalue weighted by Crippen LogP contribution is 2.38. The molecule has 9 nitrogen and oxygen atoms in total. The van der Waals surface area contributed by atoms with E-state index in [2.05, 4.69) is 5.16 Å². The minimum atomic E-state index is -0.728. The molecule has 0 radical (unpaired) electrons. The number of halogens is 1. The van der Waals surface area contributed by atoms with Crippen molar-refractivity contribution in [1.29, 1.82) is 5.26 Å². The Hall–Kier alpha value is -3.19. The quantitative estimate of drug-likeness (QED) is 0.718. The van der Waals surface area contributed by atoms with Crippen molar-refractivity contribution >= 4 is 34.9 Å². The maximum Gasteiger partial charge on any atom is 0.416 e. The van der Waals surface area contributed by atoms with E-state index in [0.29, 0.717) is 19.4 Å². The first-order valence-electron chi connectivity index (χ1n) is 9.25. The van der Waals surface area contributed by atoms with E-state index in [-0.39, 0.29) is 53.3 Å². The van der Waals surface area contributed by atoms with Gasteiger partial charge in [-0.1, -0.05) is 5.16 Å². The van der Waals surface area contributed by atoms with Crippen LogP contribution >= 0.6 is 0 Å².